The molecule has 0 radical (unpaired) electrons. The first-order valence-electron chi connectivity index (χ1n) is 9.32. The van der Waals surface area contributed by atoms with Crippen LogP contribution in [0.3, 0.4) is 0 Å². The summed E-state index contributed by atoms with van der Waals surface area (Å²) < 4.78 is 10.8. The Morgan fingerprint density at radius 1 is 1.00 bits per heavy atom. The zero-order valence-electron chi connectivity index (χ0n) is 15.2. The van der Waals surface area contributed by atoms with E-state index in [1.165, 1.54) is 0 Å². The molecule has 28 heavy (non-hydrogen) atoms. The average molecular weight is 373 g/mol. The molecule has 5 nitrogen and oxygen atoms in total. The molecule has 0 bridgehead atoms. The molecule has 1 aliphatic carbocycles. The van der Waals surface area contributed by atoms with E-state index in [1.54, 1.807) is 24.4 Å². The predicted octanol–water partition coefficient (Wildman–Crippen LogP) is 4.03. The summed E-state index contributed by atoms with van der Waals surface area (Å²) in [5.41, 5.74) is 3.12. The highest BCUT2D eigenvalue weighted by molar-refractivity contribution is 5.94. The van der Waals surface area contributed by atoms with Crippen molar-refractivity contribution < 1.29 is 19.4 Å². The Balaban J connectivity index is 1.34. The molecule has 1 saturated carbocycles. The molecule has 0 spiro atoms. The van der Waals surface area contributed by atoms with Crippen molar-refractivity contribution in [1.82, 2.24) is 4.98 Å². The van der Waals surface area contributed by atoms with Crippen LogP contribution in [-0.2, 0) is 16.6 Å². The van der Waals surface area contributed by atoms with Gasteiger partial charge in [-0.05, 0) is 54.3 Å². The van der Waals surface area contributed by atoms with Crippen LogP contribution in [0, 0.1) is 0 Å². The molecular formula is C23H19NO4. The molecule has 140 valence electrons. The van der Waals surface area contributed by atoms with Gasteiger partial charge in [0, 0.05) is 23.9 Å². The number of pyridine rings is 1. The zero-order valence-corrected chi connectivity index (χ0v) is 15.2. The maximum absolute atomic E-state index is 13.1. The number of carbonyl (C=O) groups excluding carboxylic acids is 1. The third-order valence-electron chi connectivity index (χ3n) is 5.55. The van der Waals surface area contributed by atoms with E-state index in [1.807, 2.05) is 36.4 Å². The highest BCUT2D eigenvalue weighted by Crippen LogP contribution is 2.51. The zero-order chi connectivity index (χ0) is 19.1. The Morgan fingerprint density at radius 3 is 2.61 bits per heavy atom. The number of nitrogens with zero attached hydrogens (tertiary/aromatic N) is 1. The maximum Gasteiger partial charge on any atom is 0.231 e. The third kappa shape index (κ3) is 2.89. The smallest absolute Gasteiger partial charge is 0.231 e. The molecule has 1 aliphatic heterocycles. The number of fused-ring (bicyclic) bond motifs is 1. The molecule has 2 heterocycles. The van der Waals surface area contributed by atoms with Crippen molar-refractivity contribution in [2.75, 3.05) is 6.79 Å². The van der Waals surface area contributed by atoms with Gasteiger partial charge in [0.2, 0.25) is 6.79 Å². The minimum atomic E-state index is -0.424. The molecule has 1 N–H and O–H groups in total. The molecule has 0 saturated heterocycles. The Morgan fingerprint density at radius 2 is 1.86 bits per heavy atom. The van der Waals surface area contributed by atoms with E-state index < -0.39 is 5.41 Å². The third-order valence-corrected chi connectivity index (χ3v) is 5.55. The van der Waals surface area contributed by atoms with Crippen LogP contribution < -0.4 is 9.47 Å². The number of phenols is 1. The molecule has 5 rings (SSSR count). The van der Waals surface area contributed by atoms with Gasteiger partial charge in [-0.25, -0.2) is 0 Å². The van der Waals surface area contributed by atoms with Crippen LogP contribution in [0.5, 0.6) is 17.2 Å². The first-order valence-corrected chi connectivity index (χ1v) is 9.32. The number of aromatic nitrogens is 1. The quantitative estimate of drug-likeness (QED) is 0.731. The molecule has 0 atom stereocenters. The Kier molecular flexibility index (Phi) is 3.83. The van der Waals surface area contributed by atoms with Gasteiger partial charge in [0.15, 0.2) is 11.5 Å². The van der Waals surface area contributed by atoms with Gasteiger partial charge in [0.25, 0.3) is 0 Å². The van der Waals surface area contributed by atoms with E-state index in [-0.39, 0.29) is 18.3 Å². The molecule has 0 unspecified atom stereocenters. The van der Waals surface area contributed by atoms with Crippen molar-refractivity contribution in [3.05, 3.63) is 72.1 Å². The summed E-state index contributed by atoms with van der Waals surface area (Å²) in [5.74, 6) is 1.85. The first-order chi connectivity index (χ1) is 13.6. The standard InChI is InChI=1S/C23H19NO4/c25-19-3-1-2-15(10-19)16-4-6-18(24-13-16)12-22(26)23(8-9-23)17-5-7-20-21(11-17)28-14-27-20/h1-7,10-11,13,25H,8-9,12,14H2. The van der Waals surface area contributed by atoms with Gasteiger partial charge in [-0.1, -0.05) is 24.3 Å². The molecule has 1 aromatic heterocycles. The van der Waals surface area contributed by atoms with Crippen molar-refractivity contribution in [2.24, 2.45) is 0 Å². The minimum Gasteiger partial charge on any atom is -0.508 e. The van der Waals surface area contributed by atoms with Gasteiger partial charge in [0.05, 0.1) is 5.41 Å². The molecule has 2 aromatic carbocycles. The number of carbonyl (C=O) groups is 1. The highest BCUT2D eigenvalue weighted by Gasteiger charge is 2.50. The average Bonchev–Trinajstić information content (AvgIpc) is 3.40. The lowest BCUT2D eigenvalue weighted by Gasteiger charge is -2.15. The van der Waals surface area contributed by atoms with Gasteiger partial charge in [-0.2, -0.15) is 0 Å². The van der Waals surface area contributed by atoms with E-state index in [4.69, 9.17) is 9.47 Å². The summed E-state index contributed by atoms with van der Waals surface area (Å²) in [5, 5.41) is 9.63. The van der Waals surface area contributed by atoms with Gasteiger partial charge in [-0.3, -0.25) is 9.78 Å². The number of ether oxygens (including phenoxy) is 2. The molecule has 0 amide bonds. The second kappa shape index (κ2) is 6.37. The summed E-state index contributed by atoms with van der Waals surface area (Å²) in [6.07, 6.45) is 3.76. The van der Waals surface area contributed by atoms with Gasteiger partial charge in [0.1, 0.15) is 11.5 Å². The lowest BCUT2D eigenvalue weighted by Crippen LogP contribution is -2.22. The number of ketones is 1. The summed E-state index contributed by atoms with van der Waals surface area (Å²) >= 11 is 0. The van der Waals surface area contributed by atoms with Crippen molar-refractivity contribution in [3.63, 3.8) is 0 Å². The van der Waals surface area contributed by atoms with Crippen molar-refractivity contribution in [1.29, 1.82) is 0 Å². The van der Waals surface area contributed by atoms with Crippen molar-refractivity contribution in [3.8, 4) is 28.4 Å². The predicted molar refractivity (Wildman–Crippen MR) is 104 cm³/mol. The van der Waals surface area contributed by atoms with Crippen LogP contribution in [0.2, 0.25) is 0 Å². The number of hydrogen-bond acceptors (Lipinski definition) is 5. The highest BCUT2D eigenvalue weighted by atomic mass is 16.7. The van der Waals surface area contributed by atoms with E-state index >= 15 is 0 Å². The summed E-state index contributed by atoms with van der Waals surface area (Å²) in [4.78, 5) is 17.5. The van der Waals surface area contributed by atoms with E-state index in [0.717, 1.165) is 41.0 Å². The van der Waals surface area contributed by atoms with Crippen LogP contribution in [0.25, 0.3) is 11.1 Å². The fourth-order valence-corrected chi connectivity index (χ4v) is 3.77. The van der Waals surface area contributed by atoms with Crippen LogP contribution in [0.4, 0.5) is 0 Å². The van der Waals surface area contributed by atoms with Crippen LogP contribution >= 0.6 is 0 Å². The SMILES string of the molecule is O=C(Cc1ccc(-c2cccc(O)c2)cn1)C1(c2ccc3c(c2)OCO3)CC1. The van der Waals surface area contributed by atoms with Gasteiger partial charge < -0.3 is 14.6 Å². The largest absolute Gasteiger partial charge is 0.508 e. The Labute approximate surface area is 162 Å². The van der Waals surface area contributed by atoms with Gasteiger partial charge in [-0.15, -0.1) is 0 Å². The summed E-state index contributed by atoms with van der Waals surface area (Å²) in [6.45, 7) is 0.231. The molecule has 1 fully saturated rings. The second-order valence-corrected chi connectivity index (χ2v) is 7.34. The summed E-state index contributed by atoms with van der Waals surface area (Å²) in [7, 11) is 0. The van der Waals surface area contributed by atoms with Crippen molar-refractivity contribution in [2.45, 2.75) is 24.7 Å². The fraction of sp³-hybridized carbons (Fsp3) is 0.217. The molecule has 5 heteroatoms. The van der Waals surface area contributed by atoms with Gasteiger partial charge >= 0.3 is 0 Å². The van der Waals surface area contributed by atoms with E-state index in [9.17, 15) is 9.90 Å². The van der Waals surface area contributed by atoms with E-state index in [2.05, 4.69) is 4.98 Å². The van der Waals surface area contributed by atoms with Crippen LogP contribution in [0.15, 0.2) is 60.8 Å². The minimum absolute atomic E-state index is 0.184. The Bertz CT molecular complexity index is 1050. The fourth-order valence-electron chi connectivity index (χ4n) is 3.77. The number of rotatable bonds is 5. The molecule has 2 aliphatic rings. The number of phenolic OH excluding ortho intramolecular Hbond substituents is 1. The number of hydrogen-bond donors (Lipinski definition) is 1. The lowest BCUT2D eigenvalue weighted by molar-refractivity contribution is -0.120. The Hall–Kier alpha value is -3.34. The molecular weight excluding hydrogens is 354 g/mol. The lowest BCUT2D eigenvalue weighted by atomic mass is 9.88. The monoisotopic (exact) mass is 373 g/mol. The first kappa shape index (κ1) is 16.8. The van der Waals surface area contributed by atoms with Crippen LogP contribution in [0.1, 0.15) is 24.1 Å². The van der Waals surface area contributed by atoms with Crippen molar-refractivity contribution >= 4 is 5.78 Å². The normalized spacial score (nSPS) is 16.0. The number of benzene rings is 2. The number of aromatic hydroxyl groups is 1. The summed E-state index contributed by atoms with van der Waals surface area (Å²) in [6, 6.07) is 16.6. The van der Waals surface area contributed by atoms with Crippen LogP contribution in [-0.4, -0.2) is 22.7 Å². The molecule has 3 aromatic rings. The topological polar surface area (TPSA) is 68.7 Å². The van der Waals surface area contributed by atoms with E-state index in [0.29, 0.717) is 12.2 Å². The number of Topliss-reactive ketones (excluding diaryl/α,β-unsaturated/α-hetero) is 1. The second-order valence-electron chi connectivity index (χ2n) is 7.34. The maximum atomic E-state index is 13.1.